The normalized spacial score (nSPS) is 20.3. The lowest BCUT2D eigenvalue weighted by Crippen LogP contribution is -2.47. The van der Waals surface area contributed by atoms with Gasteiger partial charge in [-0.3, -0.25) is 9.69 Å². The van der Waals surface area contributed by atoms with Crippen LogP contribution < -0.4 is 5.73 Å². The third-order valence-electron chi connectivity index (χ3n) is 4.29. The predicted molar refractivity (Wildman–Crippen MR) is 81.9 cm³/mol. The van der Waals surface area contributed by atoms with Gasteiger partial charge in [-0.1, -0.05) is 17.3 Å². The van der Waals surface area contributed by atoms with Gasteiger partial charge in [-0.2, -0.15) is 4.98 Å². The summed E-state index contributed by atoms with van der Waals surface area (Å²) >= 11 is 0. The summed E-state index contributed by atoms with van der Waals surface area (Å²) in [5.41, 5.74) is 5.96. The highest BCUT2D eigenvalue weighted by Gasteiger charge is 2.30. The molecule has 0 aliphatic carbocycles. The summed E-state index contributed by atoms with van der Waals surface area (Å²) in [6.07, 6.45) is 1.84. The third kappa shape index (κ3) is 3.39. The molecule has 0 saturated carbocycles. The van der Waals surface area contributed by atoms with Crippen LogP contribution in [0.5, 0.6) is 0 Å². The lowest BCUT2D eigenvalue weighted by atomic mass is 9.96. The Balaban J connectivity index is 1.76. The summed E-state index contributed by atoms with van der Waals surface area (Å²) in [5.74, 6) is 0.273. The molecule has 2 N–H and O–H groups in total. The summed E-state index contributed by atoms with van der Waals surface area (Å²) in [6, 6.07) is 5.77. The highest BCUT2D eigenvalue weighted by atomic mass is 19.1. The molecule has 0 bridgehead atoms. The van der Waals surface area contributed by atoms with Crippen LogP contribution in [0.15, 0.2) is 28.8 Å². The van der Waals surface area contributed by atoms with E-state index in [2.05, 4.69) is 10.1 Å². The van der Waals surface area contributed by atoms with Crippen molar-refractivity contribution >= 4 is 5.91 Å². The Morgan fingerprint density at radius 2 is 2.35 bits per heavy atom. The van der Waals surface area contributed by atoms with Gasteiger partial charge in [0.25, 0.3) is 0 Å². The summed E-state index contributed by atoms with van der Waals surface area (Å²) in [4.78, 5) is 17.8. The molecule has 2 aromatic rings. The number of piperidine rings is 1. The van der Waals surface area contributed by atoms with Gasteiger partial charge in [-0.15, -0.1) is 0 Å². The lowest BCUT2D eigenvalue weighted by Gasteiger charge is -2.33. The smallest absolute Gasteiger partial charge is 0.234 e. The zero-order valence-electron chi connectivity index (χ0n) is 12.9. The molecule has 122 valence electrons. The van der Waals surface area contributed by atoms with Crippen LogP contribution in [0.25, 0.3) is 11.4 Å². The van der Waals surface area contributed by atoms with Gasteiger partial charge in [-0.05, 0) is 38.4 Å². The van der Waals surface area contributed by atoms with Gasteiger partial charge >= 0.3 is 0 Å². The molecule has 1 fully saturated rings. The van der Waals surface area contributed by atoms with Crippen molar-refractivity contribution in [1.82, 2.24) is 15.0 Å². The number of carbonyl (C=O) groups excluding carboxylic acids is 1. The second kappa shape index (κ2) is 6.45. The van der Waals surface area contributed by atoms with Gasteiger partial charge in [0.05, 0.1) is 12.0 Å². The van der Waals surface area contributed by atoms with Crippen molar-refractivity contribution < 1.29 is 13.7 Å². The molecule has 1 aromatic carbocycles. The number of primary amides is 1. The number of likely N-dealkylation sites (tertiary alicyclic amines) is 1. The van der Waals surface area contributed by atoms with Crippen LogP contribution in [-0.4, -0.2) is 40.1 Å². The van der Waals surface area contributed by atoms with Gasteiger partial charge in [-0.25, -0.2) is 4.39 Å². The van der Waals surface area contributed by atoms with E-state index in [4.69, 9.17) is 10.3 Å². The number of hydrogen-bond acceptors (Lipinski definition) is 5. The average molecular weight is 318 g/mol. The van der Waals surface area contributed by atoms with E-state index < -0.39 is 0 Å². The van der Waals surface area contributed by atoms with Crippen molar-refractivity contribution in [3.8, 4) is 11.4 Å². The van der Waals surface area contributed by atoms with Crippen LogP contribution in [0.3, 0.4) is 0 Å². The van der Waals surface area contributed by atoms with E-state index in [-0.39, 0.29) is 23.7 Å². The third-order valence-corrected chi connectivity index (χ3v) is 4.29. The molecule has 0 unspecified atom stereocenters. The molecule has 2 heterocycles. The van der Waals surface area contributed by atoms with Gasteiger partial charge < -0.3 is 10.3 Å². The minimum absolute atomic E-state index is 0.0559. The summed E-state index contributed by atoms with van der Waals surface area (Å²) in [6.45, 7) is 3.27. The Labute approximate surface area is 133 Å². The van der Waals surface area contributed by atoms with Crippen LogP contribution >= 0.6 is 0 Å². The number of aromatic nitrogens is 2. The molecule has 7 heteroatoms. The fourth-order valence-corrected chi connectivity index (χ4v) is 2.89. The first kappa shape index (κ1) is 15.6. The Bertz CT molecular complexity index is 703. The van der Waals surface area contributed by atoms with Crippen molar-refractivity contribution in [2.45, 2.75) is 31.7 Å². The van der Waals surface area contributed by atoms with Gasteiger partial charge in [0.15, 0.2) is 0 Å². The summed E-state index contributed by atoms with van der Waals surface area (Å²) < 4.78 is 18.7. The molecule has 3 rings (SSSR count). The Morgan fingerprint density at radius 3 is 3.09 bits per heavy atom. The molecule has 6 nitrogen and oxygen atoms in total. The Hall–Kier alpha value is -2.28. The van der Waals surface area contributed by atoms with E-state index in [1.165, 1.54) is 12.1 Å². The van der Waals surface area contributed by atoms with E-state index >= 15 is 0 Å². The molecule has 1 aliphatic rings. The first-order valence-electron chi connectivity index (χ1n) is 7.67. The van der Waals surface area contributed by atoms with Gasteiger partial charge in [0.2, 0.25) is 17.6 Å². The standard InChI is InChI=1S/C16H19FN4O2/c1-10(14(18)22)21-7-3-5-12(9-21)16-19-15(20-23-16)11-4-2-6-13(17)8-11/h2,4,6,8,10,12H,3,5,7,9H2,1H3,(H2,18,22)/t10-,12-/m1/s1. The van der Waals surface area contributed by atoms with E-state index in [9.17, 15) is 9.18 Å². The first-order valence-corrected chi connectivity index (χ1v) is 7.67. The molecular weight excluding hydrogens is 299 g/mol. The Morgan fingerprint density at radius 1 is 1.52 bits per heavy atom. The minimum atomic E-state index is -0.340. The minimum Gasteiger partial charge on any atom is -0.368 e. The second-order valence-corrected chi connectivity index (χ2v) is 5.88. The first-order chi connectivity index (χ1) is 11.0. The Kier molecular flexibility index (Phi) is 4.38. The van der Waals surface area contributed by atoms with Crippen molar-refractivity contribution in [2.24, 2.45) is 5.73 Å². The molecule has 23 heavy (non-hydrogen) atoms. The van der Waals surface area contributed by atoms with Crippen LogP contribution in [0, 0.1) is 5.82 Å². The maximum absolute atomic E-state index is 13.3. The zero-order valence-corrected chi connectivity index (χ0v) is 12.9. The van der Waals surface area contributed by atoms with Crippen molar-refractivity contribution in [2.75, 3.05) is 13.1 Å². The van der Waals surface area contributed by atoms with Gasteiger partial charge in [0, 0.05) is 12.1 Å². The highest BCUT2D eigenvalue weighted by molar-refractivity contribution is 5.79. The van der Waals surface area contributed by atoms with Crippen LogP contribution in [-0.2, 0) is 4.79 Å². The molecule has 0 radical (unpaired) electrons. The van der Waals surface area contributed by atoms with Crippen molar-refractivity contribution in [1.29, 1.82) is 0 Å². The fourth-order valence-electron chi connectivity index (χ4n) is 2.89. The van der Waals surface area contributed by atoms with Crippen LogP contribution in [0.4, 0.5) is 4.39 Å². The van der Waals surface area contributed by atoms with E-state index in [0.29, 0.717) is 23.8 Å². The molecule has 1 saturated heterocycles. The highest BCUT2D eigenvalue weighted by Crippen LogP contribution is 2.28. The van der Waals surface area contributed by atoms with Crippen LogP contribution in [0.2, 0.25) is 0 Å². The summed E-state index contributed by atoms with van der Waals surface area (Å²) in [7, 11) is 0. The molecule has 1 amide bonds. The van der Waals surface area contributed by atoms with Crippen molar-refractivity contribution in [3.05, 3.63) is 36.0 Å². The predicted octanol–water partition coefficient (Wildman–Crippen LogP) is 1.93. The SMILES string of the molecule is C[C@H](C(N)=O)N1CCC[C@@H](c2nc(-c3cccc(F)c3)no2)C1. The average Bonchev–Trinajstić information content (AvgIpc) is 3.04. The molecular formula is C16H19FN4O2. The maximum Gasteiger partial charge on any atom is 0.234 e. The number of rotatable bonds is 4. The topological polar surface area (TPSA) is 85.3 Å². The lowest BCUT2D eigenvalue weighted by molar-refractivity contribution is -0.123. The molecule has 1 aliphatic heterocycles. The number of amides is 1. The zero-order chi connectivity index (χ0) is 16.4. The largest absolute Gasteiger partial charge is 0.368 e. The van der Waals surface area contributed by atoms with Crippen LogP contribution in [0.1, 0.15) is 31.6 Å². The van der Waals surface area contributed by atoms with E-state index in [1.807, 2.05) is 4.90 Å². The second-order valence-electron chi connectivity index (χ2n) is 5.88. The maximum atomic E-state index is 13.3. The number of benzene rings is 1. The number of hydrogen-bond donors (Lipinski definition) is 1. The summed E-state index contributed by atoms with van der Waals surface area (Å²) in [5, 5.41) is 3.94. The number of halogens is 1. The quantitative estimate of drug-likeness (QED) is 0.931. The van der Waals surface area contributed by atoms with E-state index in [0.717, 1.165) is 19.4 Å². The molecule has 0 spiro atoms. The number of nitrogens with two attached hydrogens (primary N) is 1. The number of nitrogens with zero attached hydrogens (tertiary/aromatic N) is 3. The molecule has 2 atom stereocenters. The van der Waals surface area contributed by atoms with E-state index in [1.54, 1.807) is 19.1 Å². The number of carbonyl (C=O) groups is 1. The van der Waals surface area contributed by atoms with Crippen molar-refractivity contribution in [3.63, 3.8) is 0 Å². The monoisotopic (exact) mass is 318 g/mol. The van der Waals surface area contributed by atoms with Gasteiger partial charge in [0.1, 0.15) is 5.82 Å². The molecule has 1 aromatic heterocycles. The fraction of sp³-hybridized carbons (Fsp3) is 0.438.